The molecule has 0 saturated heterocycles. The first kappa shape index (κ1) is 11.2. The molecule has 1 aromatic heterocycles. The molecule has 1 rings (SSSR count). The minimum absolute atomic E-state index is 0.551. The molecule has 4 nitrogen and oxygen atoms in total. The third-order valence-electron chi connectivity index (χ3n) is 2.46. The zero-order chi connectivity index (χ0) is 10.6. The average Bonchev–Trinajstić information content (AvgIpc) is 2.51. The van der Waals surface area contributed by atoms with Gasteiger partial charge in [0, 0.05) is 19.0 Å². The maximum absolute atomic E-state index is 4.25. The lowest BCUT2D eigenvalue weighted by Gasteiger charge is -2.16. The van der Waals surface area contributed by atoms with Crippen molar-refractivity contribution in [3.63, 3.8) is 0 Å². The highest BCUT2D eigenvalue weighted by Gasteiger charge is 2.06. The van der Waals surface area contributed by atoms with Crippen molar-refractivity contribution in [2.75, 3.05) is 6.54 Å². The summed E-state index contributed by atoms with van der Waals surface area (Å²) in [5, 5.41) is 10.4. The summed E-state index contributed by atoms with van der Waals surface area (Å²) < 4.78 is 0. The van der Waals surface area contributed by atoms with Crippen molar-refractivity contribution in [3.8, 4) is 0 Å². The number of hydrogen-bond acceptors (Lipinski definition) is 3. The molecule has 1 aromatic rings. The van der Waals surface area contributed by atoms with Crippen molar-refractivity contribution >= 4 is 0 Å². The summed E-state index contributed by atoms with van der Waals surface area (Å²) in [5.41, 5.74) is 0. The van der Waals surface area contributed by atoms with Crippen LogP contribution in [-0.2, 0) is 6.42 Å². The normalized spacial score (nSPS) is 13.5. The van der Waals surface area contributed by atoms with Crippen LogP contribution in [0, 0.1) is 12.8 Å². The number of aromatic nitrogens is 3. The van der Waals surface area contributed by atoms with Gasteiger partial charge in [-0.25, -0.2) is 4.98 Å². The molecule has 4 heteroatoms. The minimum Gasteiger partial charge on any atom is -0.314 e. The summed E-state index contributed by atoms with van der Waals surface area (Å²) in [5.74, 6) is 2.45. The van der Waals surface area contributed by atoms with Crippen molar-refractivity contribution in [3.05, 3.63) is 11.6 Å². The number of aryl methyl sites for hydroxylation is 1. The van der Waals surface area contributed by atoms with Gasteiger partial charge >= 0.3 is 0 Å². The molecule has 0 radical (unpaired) electrons. The van der Waals surface area contributed by atoms with E-state index in [0.29, 0.717) is 12.0 Å². The summed E-state index contributed by atoms with van der Waals surface area (Å²) in [6.45, 7) is 9.49. The number of nitrogens with zero attached hydrogens (tertiary/aromatic N) is 2. The number of rotatable bonds is 5. The second-order valence-electron chi connectivity index (χ2n) is 4.07. The lowest BCUT2D eigenvalue weighted by molar-refractivity contribution is 0.428. The van der Waals surface area contributed by atoms with Crippen LogP contribution in [0.1, 0.15) is 32.4 Å². The van der Waals surface area contributed by atoms with Gasteiger partial charge in [0.25, 0.3) is 0 Å². The van der Waals surface area contributed by atoms with Crippen molar-refractivity contribution in [2.24, 2.45) is 5.92 Å². The molecule has 1 heterocycles. The van der Waals surface area contributed by atoms with Crippen molar-refractivity contribution < 1.29 is 0 Å². The Morgan fingerprint density at radius 3 is 2.57 bits per heavy atom. The van der Waals surface area contributed by atoms with Gasteiger partial charge in [-0.15, -0.1) is 0 Å². The quantitative estimate of drug-likeness (QED) is 0.746. The Kier molecular flexibility index (Phi) is 4.07. The van der Waals surface area contributed by atoms with Crippen LogP contribution in [0.4, 0.5) is 0 Å². The average molecular weight is 196 g/mol. The van der Waals surface area contributed by atoms with Gasteiger partial charge in [-0.1, -0.05) is 13.8 Å². The Morgan fingerprint density at radius 1 is 1.36 bits per heavy atom. The van der Waals surface area contributed by atoms with Gasteiger partial charge in [0.1, 0.15) is 5.82 Å². The molecule has 0 amide bonds. The fourth-order valence-electron chi connectivity index (χ4n) is 1.15. The molecule has 0 fully saturated rings. The second kappa shape index (κ2) is 5.10. The Morgan fingerprint density at radius 2 is 2.07 bits per heavy atom. The molecule has 0 aromatic carbocycles. The van der Waals surface area contributed by atoms with Gasteiger partial charge in [-0.05, 0) is 19.8 Å². The Bertz CT molecular complexity index is 267. The number of nitrogens with one attached hydrogen (secondary N) is 2. The third-order valence-corrected chi connectivity index (χ3v) is 2.46. The molecule has 0 spiro atoms. The molecule has 0 saturated carbocycles. The van der Waals surface area contributed by atoms with Crippen LogP contribution in [0.2, 0.25) is 0 Å². The van der Waals surface area contributed by atoms with E-state index < -0.39 is 0 Å². The van der Waals surface area contributed by atoms with Gasteiger partial charge in [0.05, 0.1) is 0 Å². The van der Waals surface area contributed by atoms with Crippen LogP contribution in [0.5, 0.6) is 0 Å². The SMILES string of the molecule is Cc1nc(CCNC(C)C(C)C)n[nH]1. The van der Waals surface area contributed by atoms with Gasteiger partial charge < -0.3 is 5.32 Å². The maximum atomic E-state index is 4.25. The highest BCUT2D eigenvalue weighted by molar-refractivity contribution is 4.88. The largest absolute Gasteiger partial charge is 0.314 e. The summed E-state index contributed by atoms with van der Waals surface area (Å²) in [4.78, 5) is 4.25. The monoisotopic (exact) mass is 196 g/mol. The van der Waals surface area contributed by atoms with E-state index in [1.807, 2.05) is 6.92 Å². The molecule has 2 N–H and O–H groups in total. The van der Waals surface area contributed by atoms with E-state index in [0.717, 1.165) is 24.6 Å². The fourth-order valence-corrected chi connectivity index (χ4v) is 1.15. The standard InChI is InChI=1S/C10H20N4/c1-7(2)8(3)11-6-5-10-12-9(4)13-14-10/h7-8,11H,5-6H2,1-4H3,(H,12,13,14). The van der Waals surface area contributed by atoms with E-state index in [2.05, 4.69) is 41.3 Å². The van der Waals surface area contributed by atoms with Gasteiger partial charge in [0.15, 0.2) is 5.82 Å². The van der Waals surface area contributed by atoms with Crippen molar-refractivity contribution in [2.45, 2.75) is 40.2 Å². The van der Waals surface area contributed by atoms with E-state index in [-0.39, 0.29) is 0 Å². The molecular weight excluding hydrogens is 176 g/mol. The van der Waals surface area contributed by atoms with E-state index in [9.17, 15) is 0 Å². The fraction of sp³-hybridized carbons (Fsp3) is 0.800. The highest BCUT2D eigenvalue weighted by atomic mass is 15.2. The smallest absolute Gasteiger partial charge is 0.151 e. The predicted octanol–water partition coefficient (Wildman–Crippen LogP) is 1.29. The Labute approximate surface area is 85.5 Å². The zero-order valence-electron chi connectivity index (χ0n) is 9.46. The molecule has 0 aliphatic carbocycles. The van der Waals surface area contributed by atoms with Crippen LogP contribution in [0.3, 0.4) is 0 Å². The molecule has 14 heavy (non-hydrogen) atoms. The molecule has 1 unspecified atom stereocenters. The van der Waals surface area contributed by atoms with Crippen molar-refractivity contribution in [1.82, 2.24) is 20.5 Å². The van der Waals surface area contributed by atoms with Crippen molar-refractivity contribution in [1.29, 1.82) is 0 Å². The van der Waals surface area contributed by atoms with E-state index in [1.165, 1.54) is 0 Å². The topological polar surface area (TPSA) is 53.6 Å². The Balaban J connectivity index is 2.22. The van der Waals surface area contributed by atoms with E-state index in [4.69, 9.17) is 0 Å². The number of H-pyrrole nitrogens is 1. The lowest BCUT2D eigenvalue weighted by atomic mass is 10.1. The van der Waals surface area contributed by atoms with Gasteiger partial charge in [0.2, 0.25) is 0 Å². The summed E-state index contributed by atoms with van der Waals surface area (Å²) in [7, 11) is 0. The molecule has 1 atom stereocenters. The first-order chi connectivity index (χ1) is 6.59. The van der Waals surface area contributed by atoms with Crippen LogP contribution in [0.25, 0.3) is 0 Å². The number of aromatic amines is 1. The number of hydrogen-bond donors (Lipinski definition) is 2. The van der Waals surface area contributed by atoms with Crippen LogP contribution < -0.4 is 5.32 Å². The minimum atomic E-state index is 0.551. The van der Waals surface area contributed by atoms with Gasteiger partial charge in [-0.2, -0.15) is 5.10 Å². The first-order valence-corrected chi connectivity index (χ1v) is 5.21. The lowest BCUT2D eigenvalue weighted by Crippen LogP contribution is -2.32. The first-order valence-electron chi connectivity index (χ1n) is 5.21. The zero-order valence-corrected chi connectivity index (χ0v) is 9.46. The third kappa shape index (κ3) is 3.46. The maximum Gasteiger partial charge on any atom is 0.151 e. The summed E-state index contributed by atoms with van der Waals surface area (Å²) in [6, 6.07) is 0.551. The molecular formula is C10H20N4. The second-order valence-corrected chi connectivity index (χ2v) is 4.07. The van der Waals surface area contributed by atoms with E-state index >= 15 is 0 Å². The molecule has 0 bridgehead atoms. The van der Waals surface area contributed by atoms with Gasteiger partial charge in [-0.3, -0.25) is 5.10 Å². The molecule has 0 aliphatic rings. The van der Waals surface area contributed by atoms with Crippen LogP contribution in [0.15, 0.2) is 0 Å². The highest BCUT2D eigenvalue weighted by Crippen LogP contribution is 1.99. The van der Waals surface area contributed by atoms with Crippen LogP contribution in [-0.4, -0.2) is 27.8 Å². The Hall–Kier alpha value is -0.900. The predicted molar refractivity (Wildman–Crippen MR) is 57.1 cm³/mol. The summed E-state index contributed by atoms with van der Waals surface area (Å²) >= 11 is 0. The van der Waals surface area contributed by atoms with Crippen LogP contribution >= 0.6 is 0 Å². The van der Waals surface area contributed by atoms with E-state index in [1.54, 1.807) is 0 Å². The summed E-state index contributed by atoms with van der Waals surface area (Å²) in [6.07, 6.45) is 0.890. The molecule has 0 aliphatic heterocycles. The molecule has 80 valence electrons.